The Morgan fingerprint density at radius 3 is 2.85 bits per heavy atom. The average molecular weight is 185 g/mol. The van der Waals surface area contributed by atoms with E-state index >= 15 is 0 Å². The highest BCUT2D eigenvalue weighted by Crippen LogP contribution is 2.10. The van der Waals surface area contributed by atoms with E-state index in [1.807, 2.05) is 0 Å². The molecule has 3 nitrogen and oxygen atoms in total. The van der Waals surface area contributed by atoms with Crippen LogP contribution in [0.15, 0.2) is 18.2 Å². The molecule has 1 radical (unpaired) electrons. The second kappa shape index (κ2) is 4.79. The fraction of sp³-hybridized carbons (Fsp3) is 0.333. The number of halogens is 1. The first kappa shape index (κ1) is 9.95. The Labute approximate surface area is 75.4 Å². The standard InChI is InChI=1S/C9H10FO3/c10-7-1-3-9(4-2-7)13-6-8(12)5-11/h1-3,8,11-12H,5-6H2. The van der Waals surface area contributed by atoms with Crippen molar-refractivity contribution in [3.8, 4) is 5.75 Å². The predicted octanol–water partition coefficient (Wildman–Crippen LogP) is 0.358. The quantitative estimate of drug-likeness (QED) is 0.712. The second-order valence-corrected chi connectivity index (χ2v) is 2.52. The van der Waals surface area contributed by atoms with E-state index in [2.05, 4.69) is 6.07 Å². The largest absolute Gasteiger partial charge is 0.490 e. The maximum Gasteiger partial charge on any atom is 0.127 e. The first-order valence-corrected chi connectivity index (χ1v) is 3.81. The maximum absolute atomic E-state index is 12.4. The van der Waals surface area contributed by atoms with Crippen molar-refractivity contribution in [1.82, 2.24) is 0 Å². The molecular weight excluding hydrogens is 175 g/mol. The van der Waals surface area contributed by atoms with Crippen LogP contribution >= 0.6 is 0 Å². The monoisotopic (exact) mass is 185 g/mol. The van der Waals surface area contributed by atoms with Crippen LogP contribution in [0.3, 0.4) is 0 Å². The molecule has 2 N–H and O–H groups in total. The van der Waals surface area contributed by atoms with E-state index in [0.29, 0.717) is 5.75 Å². The van der Waals surface area contributed by atoms with E-state index in [9.17, 15) is 4.39 Å². The minimum absolute atomic E-state index is 0.0291. The summed E-state index contributed by atoms with van der Waals surface area (Å²) in [5, 5.41) is 17.4. The van der Waals surface area contributed by atoms with E-state index in [4.69, 9.17) is 14.9 Å². The number of aliphatic hydroxyl groups is 2. The summed E-state index contributed by atoms with van der Waals surface area (Å²) in [4.78, 5) is 0. The Morgan fingerprint density at radius 2 is 2.31 bits per heavy atom. The molecule has 0 aromatic heterocycles. The minimum atomic E-state index is -0.918. The van der Waals surface area contributed by atoms with Crippen LogP contribution in [0.25, 0.3) is 0 Å². The van der Waals surface area contributed by atoms with Gasteiger partial charge in [-0.3, -0.25) is 0 Å². The molecule has 0 aliphatic carbocycles. The molecule has 0 saturated heterocycles. The van der Waals surface area contributed by atoms with Crippen molar-refractivity contribution in [2.75, 3.05) is 13.2 Å². The fourth-order valence-corrected chi connectivity index (χ4v) is 0.720. The average Bonchev–Trinajstić information content (AvgIpc) is 2.16. The van der Waals surface area contributed by atoms with Gasteiger partial charge in [0.2, 0.25) is 0 Å². The molecule has 0 fully saturated rings. The Hall–Kier alpha value is -1.13. The molecule has 0 saturated carbocycles. The van der Waals surface area contributed by atoms with Crippen molar-refractivity contribution in [3.05, 3.63) is 30.1 Å². The van der Waals surface area contributed by atoms with Gasteiger partial charge in [0.05, 0.1) is 6.61 Å². The lowest BCUT2D eigenvalue weighted by atomic mass is 10.3. The molecule has 0 amide bonds. The van der Waals surface area contributed by atoms with E-state index in [0.717, 1.165) is 6.07 Å². The van der Waals surface area contributed by atoms with Crippen molar-refractivity contribution in [2.45, 2.75) is 6.10 Å². The zero-order valence-electron chi connectivity index (χ0n) is 6.90. The lowest BCUT2D eigenvalue weighted by molar-refractivity contribution is 0.0535. The lowest BCUT2D eigenvalue weighted by Gasteiger charge is -2.08. The van der Waals surface area contributed by atoms with Crippen LogP contribution in [0.5, 0.6) is 5.75 Å². The molecule has 1 rings (SSSR count). The first-order valence-electron chi connectivity index (χ1n) is 3.81. The van der Waals surface area contributed by atoms with Gasteiger partial charge in [-0.25, -0.2) is 4.39 Å². The van der Waals surface area contributed by atoms with Gasteiger partial charge in [0, 0.05) is 6.07 Å². The molecule has 13 heavy (non-hydrogen) atoms. The fourth-order valence-electron chi connectivity index (χ4n) is 0.720. The number of hydrogen-bond donors (Lipinski definition) is 2. The van der Waals surface area contributed by atoms with Crippen LogP contribution in [-0.2, 0) is 0 Å². The number of aliphatic hydroxyl groups excluding tert-OH is 2. The Bertz CT molecular complexity index is 248. The SMILES string of the molecule is OCC(O)COc1[c]cc(F)cc1. The van der Waals surface area contributed by atoms with Crippen molar-refractivity contribution in [3.63, 3.8) is 0 Å². The summed E-state index contributed by atoms with van der Waals surface area (Å²) < 4.78 is 17.4. The highest BCUT2D eigenvalue weighted by atomic mass is 19.1. The van der Waals surface area contributed by atoms with E-state index in [1.54, 1.807) is 0 Å². The molecule has 0 heterocycles. The van der Waals surface area contributed by atoms with Gasteiger partial charge in [-0.15, -0.1) is 0 Å². The van der Waals surface area contributed by atoms with Crippen LogP contribution in [-0.4, -0.2) is 29.5 Å². The van der Waals surface area contributed by atoms with Gasteiger partial charge in [0.1, 0.15) is 24.3 Å². The van der Waals surface area contributed by atoms with Crippen LogP contribution in [0.4, 0.5) is 4.39 Å². The van der Waals surface area contributed by atoms with Crippen molar-refractivity contribution >= 4 is 0 Å². The summed E-state index contributed by atoms with van der Waals surface area (Å²) >= 11 is 0. The zero-order valence-corrected chi connectivity index (χ0v) is 6.90. The molecule has 0 aliphatic rings. The molecule has 71 valence electrons. The number of rotatable bonds is 4. The molecule has 0 bridgehead atoms. The Balaban J connectivity index is 2.41. The van der Waals surface area contributed by atoms with Gasteiger partial charge >= 0.3 is 0 Å². The van der Waals surface area contributed by atoms with Crippen molar-refractivity contribution in [1.29, 1.82) is 0 Å². The van der Waals surface area contributed by atoms with E-state index in [-0.39, 0.29) is 13.2 Å². The third-order valence-electron chi connectivity index (χ3n) is 1.39. The van der Waals surface area contributed by atoms with Gasteiger partial charge in [0.15, 0.2) is 0 Å². The third kappa shape index (κ3) is 3.40. The van der Waals surface area contributed by atoms with Crippen molar-refractivity contribution in [2.24, 2.45) is 0 Å². The molecule has 0 spiro atoms. The van der Waals surface area contributed by atoms with Crippen LogP contribution < -0.4 is 4.74 Å². The van der Waals surface area contributed by atoms with Crippen LogP contribution in [0.2, 0.25) is 0 Å². The van der Waals surface area contributed by atoms with Gasteiger partial charge in [-0.1, -0.05) is 0 Å². The summed E-state index contributed by atoms with van der Waals surface area (Å²) in [6.07, 6.45) is -0.918. The summed E-state index contributed by atoms with van der Waals surface area (Å²) in [5.41, 5.74) is 0. The van der Waals surface area contributed by atoms with E-state index < -0.39 is 11.9 Å². The van der Waals surface area contributed by atoms with Crippen molar-refractivity contribution < 1.29 is 19.3 Å². The lowest BCUT2D eigenvalue weighted by Crippen LogP contribution is -2.21. The number of hydrogen-bond acceptors (Lipinski definition) is 3. The normalized spacial score (nSPS) is 12.5. The summed E-state index contributed by atoms with van der Waals surface area (Å²) in [5.74, 6) is -0.0519. The molecule has 4 heteroatoms. The van der Waals surface area contributed by atoms with Gasteiger partial charge in [-0.2, -0.15) is 0 Å². The number of ether oxygens (including phenoxy) is 1. The van der Waals surface area contributed by atoms with Crippen LogP contribution in [0.1, 0.15) is 0 Å². The van der Waals surface area contributed by atoms with Crippen LogP contribution in [0, 0.1) is 11.9 Å². The highest BCUT2D eigenvalue weighted by Gasteiger charge is 2.02. The van der Waals surface area contributed by atoms with E-state index in [1.165, 1.54) is 12.1 Å². The summed E-state index contributed by atoms with van der Waals surface area (Å²) in [6.45, 7) is -0.389. The van der Waals surface area contributed by atoms with Gasteiger partial charge < -0.3 is 14.9 Å². The van der Waals surface area contributed by atoms with Gasteiger partial charge in [-0.05, 0) is 18.2 Å². The molecular formula is C9H10FO3. The third-order valence-corrected chi connectivity index (χ3v) is 1.39. The predicted molar refractivity (Wildman–Crippen MR) is 43.8 cm³/mol. The number of benzene rings is 1. The molecule has 0 aliphatic heterocycles. The summed E-state index contributed by atoms with van der Waals surface area (Å²) in [7, 11) is 0. The molecule has 1 aromatic carbocycles. The maximum atomic E-state index is 12.4. The molecule has 1 aromatic rings. The second-order valence-electron chi connectivity index (χ2n) is 2.52. The highest BCUT2D eigenvalue weighted by molar-refractivity contribution is 5.20. The summed E-state index contributed by atoms with van der Waals surface area (Å²) in [6, 6.07) is 6.30. The smallest absolute Gasteiger partial charge is 0.127 e. The first-order chi connectivity index (χ1) is 6.22. The van der Waals surface area contributed by atoms with Gasteiger partial charge in [0.25, 0.3) is 0 Å². The Morgan fingerprint density at radius 1 is 1.54 bits per heavy atom. The Kier molecular flexibility index (Phi) is 3.67. The minimum Gasteiger partial charge on any atom is -0.490 e. The molecule has 1 unspecified atom stereocenters. The molecule has 1 atom stereocenters. The topological polar surface area (TPSA) is 49.7 Å². The zero-order chi connectivity index (χ0) is 9.68.